The Morgan fingerprint density at radius 3 is 2.42 bits per heavy atom. The second-order valence-electron chi connectivity index (χ2n) is 7.06. The Morgan fingerprint density at radius 2 is 1.73 bits per heavy atom. The lowest BCUT2D eigenvalue weighted by Gasteiger charge is -2.32. The number of ether oxygens (including phenoxy) is 1. The second kappa shape index (κ2) is 9.69. The van der Waals surface area contributed by atoms with Crippen LogP contribution in [0.5, 0.6) is 0 Å². The number of hydrogen-bond acceptors (Lipinski definition) is 4. The van der Waals surface area contributed by atoms with Crippen LogP contribution in [-0.2, 0) is 20.9 Å². The van der Waals surface area contributed by atoms with Gasteiger partial charge in [-0.3, -0.25) is 9.59 Å². The van der Waals surface area contributed by atoms with Crippen LogP contribution < -0.4 is 5.32 Å². The topological polar surface area (TPSA) is 61.9 Å². The van der Waals surface area contributed by atoms with Gasteiger partial charge in [0.2, 0.25) is 11.8 Å². The summed E-state index contributed by atoms with van der Waals surface area (Å²) in [6.07, 6.45) is 2.30. The predicted octanol–water partition coefficient (Wildman–Crippen LogP) is 1.26. The van der Waals surface area contributed by atoms with Gasteiger partial charge in [0, 0.05) is 38.5 Å². The van der Waals surface area contributed by atoms with Gasteiger partial charge in [0.05, 0.1) is 13.2 Å². The summed E-state index contributed by atoms with van der Waals surface area (Å²) in [5.74, 6) is 0.457. The number of benzene rings is 1. The molecular formula is C20H29N3O3. The Hall–Kier alpha value is -1.92. The Labute approximate surface area is 155 Å². The van der Waals surface area contributed by atoms with Crippen molar-refractivity contribution in [2.45, 2.75) is 25.8 Å². The third kappa shape index (κ3) is 5.54. The molecule has 1 N–H and O–H groups in total. The zero-order chi connectivity index (χ0) is 18.2. The van der Waals surface area contributed by atoms with Gasteiger partial charge in [-0.2, -0.15) is 0 Å². The highest BCUT2D eigenvalue weighted by atomic mass is 16.5. The van der Waals surface area contributed by atoms with E-state index in [0.717, 1.165) is 38.0 Å². The van der Waals surface area contributed by atoms with Gasteiger partial charge in [0.15, 0.2) is 0 Å². The molecule has 6 nitrogen and oxygen atoms in total. The highest BCUT2D eigenvalue weighted by Gasteiger charge is 2.25. The van der Waals surface area contributed by atoms with Gasteiger partial charge < -0.3 is 19.9 Å². The van der Waals surface area contributed by atoms with E-state index >= 15 is 0 Å². The number of morpholine rings is 1. The van der Waals surface area contributed by atoms with Gasteiger partial charge in [-0.15, -0.1) is 0 Å². The highest BCUT2D eigenvalue weighted by Crippen LogP contribution is 2.18. The Morgan fingerprint density at radius 1 is 1.04 bits per heavy atom. The summed E-state index contributed by atoms with van der Waals surface area (Å²) in [4.78, 5) is 28.8. The Kier molecular flexibility index (Phi) is 7.03. The molecule has 26 heavy (non-hydrogen) atoms. The molecule has 0 unspecified atom stereocenters. The van der Waals surface area contributed by atoms with Crippen LogP contribution in [-0.4, -0.2) is 67.6 Å². The average molecular weight is 359 g/mol. The summed E-state index contributed by atoms with van der Waals surface area (Å²) in [5, 5.41) is 3.05. The molecule has 142 valence electrons. The first-order valence-corrected chi connectivity index (χ1v) is 9.62. The van der Waals surface area contributed by atoms with Crippen LogP contribution in [0.15, 0.2) is 30.3 Å². The van der Waals surface area contributed by atoms with E-state index in [1.807, 2.05) is 35.2 Å². The molecule has 2 fully saturated rings. The lowest BCUT2D eigenvalue weighted by atomic mass is 9.95. The zero-order valence-electron chi connectivity index (χ0n) is 15.4. The molecule has 6 heteroatoms. The lowest BCUT2D eigenvalue weighted by Crippen LogP contribution is -2.44. The number of amides is 2. The van der Waals surface area contributed by atoms with Crippen molar-refractivity contribution < 1.29 is 14.3 Å². The maximum Gasteiger partial charge on any atom is 0.224 e. The summed E-state index contributed by atoms with van der Waals surface area (Å²) in [6.45, 7) is 5.87. The van der Waals surface area contributed by atoms with E-state index in [2.05, 4.69) is 10.2 Å². The van der Waals surface area contributed by atoms with Gasteiger partial charge in [-0.05, 0) is 31.5 Å². The zero-order valence-corrected chi connectivity index (χ0v) is 15.4. The maximum absolute atomic E-state index is 12.3. The van der Waals surface area contributed by atoms with E-state index in [1.165, 1.54) is 0 Å². The first kappa shape index (κ1) is 18.9. The maximum atomic E-state index is 12.3. The molecule has 2 saturated heterocycles. The first-order chi connectivity index (χ1) is 12.7. The van der Waals surface area contributed by atoms with Crippen LogP contribution in [0, 0.1) is 5.92 Å². The summed E-state index contributed by atoms with van der Waals surface area (Å²) in [6, 6.07) is 9.99. The molecule has 0 spiro atoms. The first-order valence-electron chi connectivity index (χ1n) is 9.62. The molecule has 0 aliphatic carbocycles. The normalized spacial score (nSPS) is 19.3. The third-order valence-corrected chi connectivity index (χ3v) is 5.27. The Bertz CT molecular complexity index is 579. The minimum Gasteiger partial charge on any atom is -0.378 e. The molecular weight excluding hydrogens is 330 g/mol. The molecule has 2 amide bonds. The predicted molar refractivity (Wildman–Crippen MR) is 99.5 cm³/mol. The van der Waals surface area contributed by atoms with E-state index in [0.29, 0.717) is 39.3 Å². The van der Waals surface area contributed by atoms with Crippen molar-refractivity contribution in [2.75, 3.05) is 45.9 Å². The van der Waals surface area contributed by atoms with Crippen molar-refractivity contribution >= 4 is 11.8 Å². The number of piperidine rings is 1. The van der Waals surface area contributed by atoms with Crippen LogP contribution in [0.3, 0.4) is 0 Å². The van der Waals surface area contributed by atoms with E-state index in [9.17, 15) is 9.59 Å². The third-order valence-electron chi connectivity index (χ3n) is 5.27. The van der Waals surface area contributed by atoms with Crippen molar-refractivity contribution in [2.24, 2.45) is 5.92 Å². The van der Waals surface area contributed by atoms with Crippen molar-refractivity contribution in [3.05, 3.63) is 35.9 Å². The minimum absolute atomic E-state index is 0.0879. The quantitative estimate of drug-likeness (QED) is 0.831. The number of rotatable bonds is 6. The fourth-order valence-corrected chi connectivity index (χ4v) is 3.57. The molecule has 0 aromatic heterocycles. The van der Waals surface area contributed by atoms with Crippen molar-refractivity contribution in [3.63, 3.8) is 0 Å². The van der Waals surface area contributed by atoms with Crippen LogP contribution in [0.1, 0.15) is 24.8 Å². The summed E-state index contributed by atoms with van der Waals surface area (Å²) >= 11 is 0. The van der Waals surface area contributed by atoms with Gasteiger partial charge in [-0.1, -0.05) is 30.3 Å². The second-order valence-corrected chi connectivity index (χ2v) is 7.06. The van der Waals surface area contributed by atoms with Crippen LogP contribution in [0.25, 0.3) is 0 Å². The van der Waals surface area contributed by atoms with Crippen LogP contribution in [0.4, 0.5) is 0 Å². The van der Waals surface area contributed by atoms with Gasteiger partial charge >= 0.3 is 0 Å². The molecule has 0 atom stereocenters. The molecule has 1 aromatic rings. The Balaban J connectivity index is 1.33. The van der Waals surface area contributed by atoms with Gasteiger partial charge in [0.1, 0.15) is 0 Å². The smallest absolute Gasteiger partial charge is 0.224 e. The standard InChI is InChI=1S/C20H29N3O3/c24-19(23-12-14-26-15-13-23)8-11-22-9-6-18(7-10-22)20(25)21-16-17-4-2-1-3-5-17/h1-5,18H,6-16H2,(H,21,25). The van der Waals surface area contributed by atoms with Crippen LogP contribution >= 0.6 is 0 Å². The van der Waals surface area contributed by atoms with E-state index < -0.39 is 0 Å². The molecule has 1 aromatic carbocycles. The molecule has 2 heterocycles. The molecule has 2 aliphatic rings. The van der Waals surface area contributed by atoms with Crippen molar-refractivity contribution in [3.8, 4) is 0 Å². The lowest BCUT2D eigenvalue weighted by molar-refractivity contribution is -0.136. The number of carbonyl (C=O) groups is 2. The largest absolute Gasteiger partial charge is 0.378 e. The summed E-state index contributed by atoms with van der Waals surface area (Å²) in [7, 11) is 0. The van der Waals surface area contributed by atoms with Crippen molar-refractivity contribution in [1.29, 1.82) is 0 Å². The van der Waals surface area contributed by atoms with E-state index in [1.54, 1.807) is 0 Å². The average Bonchev–Trinajstić information content (AvgIpc) is 2.72. The van der Waals surface area contributed by atoms with E-state index in [-0.39, 0.29) is 17.7 Å². The fraction of sp³-hybridized carbons (Fsp3) is 0.600. The van der Waals surface area contributed by atoms with Crippen molar-refractivity contribution in [1.82, 2.24) is 15.1 Å². The number of carbonyl (C=O) groups excluding carboxylic acids is 2. The molecule has 0 radical (unpaired) electrons. The monoisotopic (exact) mass is 359 g/mol. The van der Waals surface area contributed by atoms with Gasteiger partial charge in [-0.25, -0.2) is 0 Å². The molecule has 3 rings (SSSR count). The minimum atomic E-state index is 0.0879. The van der Waals surface area contributed by atoms with Crippen LogP contribution in [0.2, 0.25) is 0 Å². The fourth-order valence-electron chi connectivity index (χ4n) is 3.57. The summed E-state index contributed by atoms with van der Waals surface area (Å²) < 4.78 is 5.28. The van der Waals surface area contributed by atoms with E-state index in [4.69, 9.17) is 4.74 Å². The van der Waals surface area contributed by atoms with Gasteiger partial charge in [0.25, 0.3) is 0 Å². The number of nitrogens with zero attached hydrogens (tertiary/aromatic N) is 2. The summed E-state index contributed by atoms with van der Waals surface area (Å²) in [5.41, 5.74) is 1.12. The molecule has 0 bridgehead atoms. The highest BCUT2D eigenvalue weighted by molar-refractivity contribution is 5.78. The number of nitrogens with one attached hydrogen (secondary N) is 1. The number of hydrogen-bond donors (Lipinski definition) is 1. The molecule has 2 aliphatic heterocycles. The SMILES string of the molecule is O=C(NCc1ccccc1)C1CCN(CCC(=O)N2CCOCC2)CC1. The number of likely N-dealkylation sites (tertiary alicyclic amines) is 1. The molecule has 0 saturated carbocycles.